The quantitative estimate of drug-likeness (QED) is 0.615. The second-order valence-electron chi connectivity index (χ2n) is 6.21. The molecule has 0 aliphatic rings. The van der Waals surface area contributed by atoms with Crippen molar-refractivity contribution in [3.05, 3.63) is 22.1 Å². The Labute approximate surface area is 137 Å². The van der Waals surface area contributed by atoms with E-state index in [4.69, 9.17) is 5.26 Å². The van der Waals surface area contributed by atoms with Gasteiger partial charge >= 0.3 is 0 Å². The molecule has 0 bridgehead atoms. The van der Waals surface area contributed by atoms with Crippen molar-refractivity contribution >= 4 is 28.8 Å². The standard InChI is InChI=1S/C15H18N6O3/c1-15(2,3)13(24)21-14-19-10-9(12(23)20-14)8(7-18-10)11(22)17-6-4-5-16/h7H,4,6H2,1-3H3,(H,17,22)(H3,18,19,20,21,23,24). The van der Waals surface area contributed by atoms with Crippen LogP contribution in [0, 0.1) is 16.7 Å². The number of nitrogens with zero attached hydrogens (tertiary/aromatic N) is 2. The first-order valence-corrected chi connectivity index (χ1v) is 7.32. The molecule has 0 atom stereocenters. The number of hydrogen-bond donors (Lipinski definition) is 4. The van der Waals surface area contributed by atoms with Crippen LogP contribution in [0.2, 0.25) is 0 Å². The van der Waals surface area contributed by atoms with Gasteiger partial charge in [-0.1, -0.05) is 20.8 Å². The SMILES string of the molecule is CC(C)(C)C(=O)Nc1nc2[nH]cc(C(=O)NCCC#N)c2c(=O)[nH]1. The van der Waals surface area contributed by atoms with E-state index in [1.54, 1.807) is 20.8 Å². The van der Waals surface area contributed by atoms with Crippen LogP contribution in [-0.4, -0.2) is 33.3 Å². The number of aromatic nitrogens is 3. The lowest BCUT2D eigenvalue weighted by Crippen LogP contribution is -2.29. The molecule has 0 aromatic carbocycles. The van der Waals surface area contributed by atoms with Crippen LogP contribution in [0.3, 0.4) is 0 Å². The monoisotopic (exact) mass is 330 g/mol. The van der Waals surface area contributed by atoms with Crippen LogP contribution in [0.5, 0.6) is 0 Å². The molecular weight excluding hydrogens is 312 g/mol. The van der Waals surface area contributed by atoms with Gasteiger partial charge in [-0.15, -0.1) is 0 Å². The largest absolute Gasteiger partial charge is 0.351 e. The zero-order valence-electron chi connectivity index (χ0n) is 13.6. The van der Waals surface area contributed by atoms with Crippen molar-refractivity contribution in [1.82, 2.24) is 20.3 Å². The average Bonchev–Trinajstić information content (AvgIpc) is 2.91. The van der Waals surface area contributed by atoms with Crippen LogP contribution in [0.1, 0.15) is 37.6 Å². The van der Waals surface area contributed by atoms with E-state index in [0.29, 0.717) is 0 Å². The third-order valence-electron chi connectivity index (χ3n) is 3.22. The molecule has 0 radical (unpaired) electrons. The van der Waals surface area contributed by atoms with Crippen LogP contribution >= 0.6 is 0 Å². The number of fused-ring (bicyclic) bond motifs is 1. The van der Waals surface area contributed by atoms with Crippen LogP contribution < -0.4 is 16.2 Å². The van der Waals surface area contributed by atoms with Gasteiger partial charge in [0.1, 0.15) is 5.65 Å². The molecule has 0 unspecified atom stereocenters. The molecule has 4 N–H and O–H groups in total. The summed E-state index contributed by atoms with van der Waals surface area (Å²) in [5.41, 5.74) is -0.871. The number of carbonyl (C=O) groups is 2. The lowest BCUT2D eigenvalue weighted by atomic mass is 9.96. The third-order valence-corrected chi connectivity index (χ3v) is 3.22. The van der Waals surface area contributed by atoms with Gasteiger partial charge in [-0.3, -0.25) is 24.7 Å². The highest BCUT2D eigenvalue weighted by Crippen LogP contribution is 2.17. The number of hydrogen-bond acceptors (Lipinski definition) is 5. The molecule has 126 valence electrons. The van der Waals surface area contributed by atoms with Crippen molar-refractivity contribution in [3.8, 4) is 6.07 Å². The molecule has 0 fully saturated rings. The fourth-order valence-electron chi connectivity index (χ4n) is 1.90. The van der Waals surface area contributed by atoms with Gasteiger partial charge in [0.25, 0.3) is 11.5 Å². The molecular formula is C15H18N6O3. The van der Waals surface area contributed by atoms with Crippen LogP contribution in [0.4, 0.5) is 5.95 Å². The van der Waals surface area contributed by atoms with E-state index in [-0.39, 0.29) is 41.4 Å². The van der Waals surface area contributed by atoms with Gasteiger partial charge in [0.2, 0.25) is 11.9 Å². The molecule has 2 heterocycles. The molecule has 0 saturated heterocycles. The maximum absolute atomic E-state index is 12.2. The van der Waals surface area contributed by atoms with Gasteiger partial charge in [-0.25, -0.2) is 0 Å². The van der Waals surface area contributed by atoms with E-state index in [1.807, 2.05) is 6.07 Å². The number of aromatic amines is 2. The van der Waals surface area contributed by atoms with Crippen molar-refractivity contribution in [2.75, 3.05) is 11.9 Å². The zero-order chi connectivity index (χ0) is 17.9. The molecule has 0 spiro atoms. The van der Waals surface area contributed by atoms with Crippen LogP contribution in [0.25, 0.3) is 11.0 Å². The minimum absolute atomic E-state index is 0.00529. The summed E-state index contributed by atoms with van der Waals surface area (Å²) in [6, 6.07) is 1.91. The summed E-state index contributed by atoms with van der Waals surface area (Å²) in [6.07, 6.45) is 1.54. The van der Waals surface area contributed by atoms with Crippen molar-refractivity contribution < 1.29 is 9.59 Å². The molecule has 0 aliphatic heterocycles. The second-order valence-corrected chi connectivity index (χ2v) is 6.21. The summed E-state index contributed by atoms with van der Waals surface area (Å²) in [5.74, 6) is -0.771. The highest BCUT2D eigenvalue weighted by atomic mass is 16.2. The molecule has 0 aliphatic carbocycles. The fourth-order valence-corrected chi connectivity index (χ4v) is 1.90. The molecule has 2 rings (SSSR count). The average molecular weight is 330 g/mol. The van der Waals surface area contributed by atoms with E-state index in [0.717, 1.165) is 0 Å². The summed E-state index contributed by atoms with van der Waals surface area (Å²) in [5, 5.41) is 13.6. The normalized spacial score (nSPS) is 11.1. The summed E-state index contributed by atoms with van der Waals surface area (Å²) >= 11 is 0. The Morgan fingerprint density at radius 1 is 1.38 bits per heavy atom. The van der Waals surface area contributed by atoms with Crippen molar-refractivity contribution in [3.63, 3.8) is 0 Å². The number of amides is 2. The summed E-state index contributed by atoms with van der Waals surface area (Å²) in [6.45, 7) is 5.39. The third kappa shape index (κ3) is 3.60. The van der Waals surface area contributed by atoms with Crippen LogP contribution in [0.15, 0.2) is 11.0 Å². The van der Waals surface area contributed by atoms with Gasteiger partial charge in [-0.2, -0.15) is 10.2 Å². The number of carbonyl (C=O) groups excluding carboxylic acids is 2. The maximum Gasteiger partial charge on any atom is 0.262 e. The van der Waals surface area contributed by atoms with Crippen molar-refractivity contribution in [2.45, 2.75) is 27.2 Å². The van der Waals surface area contributed by atoms with E-state index in [1.165, 1.54) is 6.20 Å². The van der Waals surface area contributed by atoms with Gasteiger partial charge in [0, 0.05) is 18.2 Å². The number of rotatable bonds is 4. The smallest absolute Gasteiger partial charge is 0.262 e. The second kappa shape index (κ2) is 6.54. The van der Waals surface area contributed by atoms with Gasteiger partial charge in [0.05, 0.1) is 23.4 Å². The number of anilines is 1. The zero-order valence-corrected chi connectivity index (χ0v) is 13.6. The molecule has 2 aromatic rings. The highest BCUT2D eigenvalue weighted by Gasteiger charge is 2.23. The van der Waals surface area contributed by atoms with E-state index >= 15 is 0 Å². The van der Waals surface area contributed by atoms with Gasteiger partial charge < -0.3 is 10.3 Å². The molecule has 24 heavy (non-hydrogen) atoms. The number of nitriles is 1. The highest BCUT2D eigenvalue weighted by molar-refractivity contribution is 6.06. The Bertz CT molecular complexity index is 881. The van der Waals surface area contributed by atoms with Crippen LogP contribution in [-0.2, 0) is 4.79 Å². The Morgan fingerprint density at radius 3 is 2.71 bits per heavy atom. The number of H-pyrrole nitrogens is 2. The Balaban J connectivity index is 2.32. The molecule has 0 saturated carbocycles. The van der Waals surface area contributed by atoms with E-state index < -0.39 is 16.9 Å². The minimum atomic E-state index is -0.644. The van der Waals surface area contributed by atoms with Crippen molar-refractivity contribution in [2.24, 2.45) is 5.41 Å². The Hall–Kier alpha value is -3.15. The Morgan fingerprint density at radius 2 is 2.08 bits per heavy atom. The molecule has 2 amide bonds. The van der Waals surface area contributed by atoms with Gasteiger partial charge in [-0.05, 0) is 0 Å². The predicted octanol–water partition coefficient (Wildman–Crippen LogP) is 0.879. The lowest BCUT2D eigenvalue weighted by molar-refractivity contribution is -0.123. The molecule has 2 aromatic heterocycles. The van der Waals surface area contributed by atoms with E-state index in [9.17, 15) is 14.4 Å². The molecule has 9 heteroatoms. The van der Waals surface area contributed by atoms with E-state index in [2.05, 4.69) is 25.6 Å². The Kier molecular flexibility index (Phi) is 4.69. The fraction of sp³-hybridized carbons (Fsp3) is 0.400. The summed E-state index contributed by atoms with van der Waals surface area (Å²) in [7, 11) is 0. The summed E-state index contributed by atoms with van der Waals surface area (Å²) < 4.78 is 0. The predicted molar refractivity (Wildman–Crippen MR) is 87.4 cm³/mol. The lowest BCUT2D eigenvalue weighted by Gasteiger charge is -2.16. The molecule has 9 nitrogen and oxygen atoms in total. The van der Waals surface area contributed by atoms with Crippen molar-refractivity contribution in [1.29, 1.82) is 5.26 Å². The minimum Gasteiger partial charge on any atom is -0.351 e. The first kappa shape index (κ1) is 17.2. The van der Waals surface area contributed by atoms with Gasteiger partial charge in [0.15, 0.2) is 0 Å². The first-order chi connectivity index (χ1) is 11.2. The topological polar surface area (TPSA) is 144 Å². The summed E-state index contributed by atoms with van der Waals surface area (Å²) in [4.78, 5) is 45.6. The first-order valence-electron chi connectivity index (χ1n) is 7.32. The number of nitrogens with one attached hydrogen (secondary N) is 4. The maximum atomic E-state index is 12.2.